The highest BCUT2D eigenvalue weighted by atomic mass is 79.9. The molecule has 0 radical (unpaired) electrons. The van der Waals surface area contributed by atoms with E-state index in [0.29, 0.717) is 15.7 Å². The summed E-state index contributed by atoms with van der Waals surface area (Å²) in [4.78, 5) is 12.2. The lowest BCUT2D eigenvalue weighted by atomic mass is 10.1. The Morgan fingerprint density at radius 1 is 1.33 bits per heavy atom. The number of hydrogen-bond donors (Lipinski definition) is 2. The molecule has 0 heterocycles. The van der Waals surface area contributed by atoms with Crippen molar-refractivity contribution in [1.82, 2.24) is 0 Å². The molecule has 0 spiro atoms. The lowest BCUT2D eigenvalue weighted by Crippen LogP contribution is -2.12. The summed E-state index contributed by atoms with van der Waals surface area (Å²) in [7, 11) is 1.39. The van der Waals surface area contributed by atoms with Crippen LogP contribution in [-0.4, -0.2) is 18.1 Å². The quantitative estimate of drug-likeness (QED) is 0.880. The minimum atomic E-state index is -0.433. The molecule has 2 rings (SSSR count). The number of carbonyl (C=O) groups excluding carboxylic acids is 1. The summed E-state index contributed by atoms with van der Waals surface area (Å²) in [5.41, 5.74) is 1.13. The highest BCUT2D eigenvalue weighted by molar-refractivity contribution is 9.10. The summed E-state index contributed by atoms with van der Waals surface area (Å²) < 4.78 is 18.8. The Morgan fingerprint density at radius 3 is 2.67 bits per heavy atom. The van der Waals surface area contributed by atoms with Gasteiger partial charge in [0, 0.05) is 11.3 Å². The van der Waals surface area contributed by atoms with Crippen LogP contribution in [0.1, 0.15) is 15.9 Å². The molecule has 2 N–H and O–H groups in total. The molecule has 0 aliphatic rings. The van der Waals surface area contributed by atoms with Crippen molar-refractivity contribution >= 4 is 27.5 Å². The highest BCUT2D eigenvalue weighted by Gasteiger charge is 2.14. The molecule has 0 aliphatic heterocycles. The van der Waals surface area contributed by atoms with Crippen molar-refractivity contribution in [2.45, 2.75) is 6.92 Å². The van der Waals surface area contributed by atoms with E-state index in [9.17, 15) is 14.3 Å². The van der Waals surface area contributed by atoms with Gasteiger partial charge in [0.1, 0.15) is 5.82 Å². The summed E-state index contributed by atoms with van der Waals surface area (Å²) >= 11 is 3.14. The third-order valence-electron chi connectivity index (χ3n) is 2.94. The van der Waals surface area contributed by atoms with Crippen LogP contribution in [0.15, 0.2) is 34.8 Å². The summed E-state index contributed by atoms with van der Waals surface area (Å²) in [6.07, 6.45) is 0. The normalized spacial score (nSPS) is 10.3. The van der Waals surface area contributed by atoms with Gasteiger partial charge in [-0.05, 0) is 52.7 Å². The number of ether oxygens (including phenoxy) is 1. The number of carbonyl (C=O) groups is 1. The summed E-state index contributed by atoms with van der Waals surface area (Å²) in [6, 6.07) is 7.30. The number of phenols is 1. The Bertz CT molecular complexity index is 704. The zero-order valence-corrected chi connectivity index (χ0v) is 13.0. The number of methoxy groups -OCH3 is 1. The van der Waals surface area contributed by atoms with E-state index in [1.807, 2.05) is 0 Å². The number of amides is 1. The molecule has 0 saturated heterocycles. The second-order valence-electron chi connectivity index (χ2n) is 4.43. The first-order valence-electron chi connectivity index (χ1n) is 6.06. The van der Waals surface area contributed by atoms with Crippen LogP contribution in [0.4, 0.5) is 10.1 Å². The van der Waals surface area contributed by atoms with Crippen LogP contribution < -0.4 is 10.1 Å². The Morgan fingerprint density at radius 2 is 2.05 bits per heavy atom. The minimum Gasteiger partial charge on any atom is -0.503 e. The van der Waals surface area contributed by atoms with Gasteiger partial charge in [-0.3, -0.25) is 4.79 Å². The van der Waals surface area contributed by atoms with Gasteiger partial charge >= 0.3 is 0 Å². The van der Waals surface area contributed by atoms with Crippen molar-refractivity contribution in [2.24, 2.45) is 0 Å². The van der Waals surface area contributed by atoms with E-state index in [-0.39, 0.29) is 17.1 Å². The molecule has 4 nitrogen and oxygen atoms in total. The lowest BCUT2D eigenvalue weighted by Gasteiger charge is -2.10. The maximum absolute atomic E-state index is 13.5. The fourth-order valence-corrected chi connectivity index (χ4v) is 2.18. The molecule has 0 fully saturated rings. The van der Waals surface area contributed by atoms with Gasteiger partial charge in [0.25, 0.3) is 5.91 Å². The number of rotatable bonds is 3. The lowest BCUT2D eigenvalue weighted by molar-refractivity contribution is 0.102. The van der Waals surface area contributed by atoms with Crippen LogP contribution in [0.2, 0.25) is 0 Å². The molecule has 0 saturated carbocycles. The first-order chi connectivity index (χ1) is 9.92. The fourth-order valence-electron chi connectivity index (χ4n) is 1.73. The van der Waals surface area contributed by atoms with Crippen LogP contribution >= 0.6 is 15.9 Å². The molecule has 6 heteroatoms. The molecular weight excluding hydrogens is 341 g/mol. The minimum absolute atomic E-state index is 0.0876. The number of nitrogens with one attached hydrogen (secondary N) is 1. The SMILES string of the molecule is COc1cc(C(=O)Nc2ccc(C)c(F)c2)cc(Br)c1O. The topological polar surface area (TPSA) is 58.6 Å². The number of phenolic OH excluding ortho intramolecular Hbond substituents is 1. The maximum atomic E-state index is 13.5. The van der Waals surface area contributed by atoms with E-state index in [2.05, 4.69) is 21.2 Å². The van der Waals surface area contributed by atoms with Gasteiger partial charge in [-0.1, -0.05) is 6.07 Å². The zero-order chi connectivity index (χ0) is 15.6. The number of halogens is 2. The Balaban J connectivity index is 2.28. The van der Waals surface area contributed by atoms with E-state index >= 15 is 0 Å². The maximum Gasteiger partial charge on any atom is 0.255 e. The first-order valence-corrected chi connectivity index (χ1v) is 6.85. The molecule has 0 atom stereocenters. The van der Waals surface area contributed by atoms with Crippen molar-refractivity contribution in [2.75, 3.05) is 12.4 Å². The molecular formula is C15H13BrFNO3. The summed E-state index contributed by atoms with van der Waals surface area (Å²) in [6.45, 7) is 1.64. The van der Waals surface area contributed by atoms with Crippen molar-refractivity contribution in [3.63, 3.8) is 0 Å². The fraction of sp³-hybridized carbons (Fsp3) is 0.133. The predicted octanol–water partition coefficient (Wildman–Crippen LogP) is 3.86. The first kappa shape index (κ1) is 15.3. The molecule has 2 aromatic rings. The number of aryl methyl sites for hydroxylation is 1. The Hall–Kier alpha value is -2.08. The molecule has 0 aliphatic carbocycles. The molecule has 0 aromatic heterocycles. The zero-order valence-electron chi connectivity index (χ0n) is 11.4. The van der Waals surface area contributed by atoms with Crippen LogP contribution in [0.5, 0.6) is 11.5 Å². The number of benzene rings is 2. The molecule has 2 aromatic carbocycles. The standard InChI is InChI=1S/C15H13BrFNO3/c1-8-3-4-10(7-12(8)17)18-15(20)9-5-11(16)14(19)13(6-9)21-2/h3-7,19H,1-2H3,(H,18,20). The monoisotopic (exact) mass is 353 g/mol. The van der Waals surface area contributed by atoms with Crippen molar-refractivity contribution in [1.29, 1.82) is 0 Å². The Labute approximate surface area is 129 Å². The van der Waals surface area contributed by atoms with Crippen molar-refractivity contribution < 1.29 is 19.0 Å². The van der Waals surface area contributed by atoms with Gasteiger partial charge in [-0.2, -0.15) is 0 Å². The molecule has 1 amide bonds. The van der Waals surface area contributed by atoms with Crippen LogP contribution in [0, 0.1) is 12.7 Å². The summed E-state index contributed by atoms with van der Waals surface area (Å²) in [5, 5.41) is 12.3. The largest absolute Gasteiger partial charge is 0.503 e. The van der Waals surface area contributed by atoms with Gasteiger partial charge in [0.05, 0.1) is 11.6 Å². The smallest absolute Gasteiger partial charge is 0.255 e. The van der Waals surface area contributed by atoms with Crippen LogP contribution in [0.25, 0.3) is 0 Å². The van der Waals surface area contributed by atoms with Crippen LogP contribution in [-0.2, 0) is 0 Å². The van der Waals surface area contributed by atoms with Gasteiger partial charge in [-0.15, -0.1) is 0 Å². The van der Waals surface area contributed by atoms with Crippen molar-refractivity contribution in [3.8, 4) is 11.5 Å². The average molecular weight is 354 g/mol. The van der Waals surface area contributed by atoms with Gasteiger partial charge < -0.3 is 15.2 Å². The summed E-state index contributed by atoms with van der Waals surface area (Å²) in [5.74, 6) is -0.741. The third kappa shape index (κ3) is 3.33. The Kier molecular flexibility index (Phi) is 4.47. The highest BCUT2D eigenvalue weighted by Crippen LogP contribution is 2.35. The van der Waals surface area contributed by atoms with Gasteiger partial charge in [-0.25, -0.2) is 4.39 Å². The van der Waals surface area contributed by atoms with E-state index < -0.39 is 11.7 Å². The second kappa shape index (κ2) is 6.13. The number of anilines is 1. The third-order valence-corrected chi connectivity index (χ3v) is 3.54. The van der Waals surface area contributed by atoms with E-state index in [1.165, 1.54) is 25.3 Å². The predicted molar refractivity (Wildman–Crippen MR) is 81.4 cm³/mol. The van der Waals surface area contributed by atoms with Gasteiger partial charge in [0.2, 0.25) is 0 Å². The second-order valence-corrected chi connectivity index (χ2v) is 5.28. The van der Waals surface area contributed by atoms with E-state index in [1.54, 1.807) is 19.1 Å². The van der Waals surface area contributed by atoms with Crippen LogP contribution in [0.3, 0.4) is 0 Å². The molecule has 21 heavy (non-hydrogen) atoms. The van der Waals surface area contributed by atoms with Gasteiger partial charge in [0.15, 0.2) is 11.5 Å². The molecule has 0 unspecified atom stereocenters. The molecule has 110 valence electrons. The van der Waals surface area contributed by atoms with E-state index in [0.717, 1.165) is 0 Å². The molecule has 0 bridgehead atoms. The average Bonchev–Trinajstić information content (AvgIpc) is 2.45. The number of aromatic hydroxyl groups is 1. The van der Waals surface area contributed by atoms with E-state index in [4.69, 9.17) is 4.74 Å². The number of hydrogen-bond acceptors (Lipinski definition) is 3. The van der Waals surface area contributed by atoms with Crippen molar-refractivity contribution in [3.05, 3.63) is 51.7 Å².